The number of nitro benzene ring substituents is 1. The van der Waals surface area contributed by atoms with Crippen LogP contribution in [0.15, 0.2) is 59.5 Å². The van der Waals surface area contributed by atoms with Crippen molar-refractivity contribution in [3.63, 3.8) is 0 Å². The first kappa shape index (κ1) is 23.4. The van der Waals surface area contributed by atoms with E-state index in [-0.39, 0.29) is 68.0 Å². The standard InChI is InChI=1S/C21H24N4O6S/c26-20(16-17-4-2-1-3-5-17)22-11-10-21(27)23-12-14-24(15-13-23)32(30,31)19-8-6-18(7-9-19)25(28)29/h1-9H,10-16H2,(H,22,26). The van der Waals surface area contributed by atoms with Crippen molar-refractivity contribution in [1.82, 2.24) is 14.5 Å². The molecule has 2 aromatic carbocycles. The van der Waals surface area contributed by atoms with Crippen LogP contribution in [0.1, 0.15) is 12.0 Å². The van der Waals surface area contributed by atoms with Gasteiger partial charge < -0.3 is 10.2 Å². The maximum Gasteiger partial charge on any atom is 0.269 e. The third-order valence-electron chi connectivity index (χ3n) is 5.15. The summed E-state index contributed by atoms with van der Waals surface area (Å²) in [5, 5.41) is 13.5. The number of hydrogen-bond acceptors (Lipinski definition) is 6. The van der Waals surface area contributed by atoms with Crippen LogP contribution < -0.4 is 5.32 Å². The molecule has 0 unspecified atom stereocenters. The quantitative estimate of drug-likeness (QED) is 0.465. The summed E-state index contributed by atoms with van der Waals surface area (Å²) in [7, 11) is -3.80. The Morgan fingerprint density at radius 1 is 0.969 bits per heavy atom. The van der Waals surface area contributed by atoms with Gasteiger partial charge in [-0.25, -0.2) is 8.42 Å². The zero-order valence-electron chi connectivity index (χ0n) is 17.3. The van der Waals surface area contributed by atoms with Crippen LogP contribution in [0.3, 0.4) is 0 Å². The van der Waals surface area contributed by atoms with Gasteiger partial charge in [-0.1, -0.05) is 30.3 Å². The van der Waals surface area contributed by atoms with E-state index in [0.717, 1.165) is 17.7 Å². The maximum absolute atomic E-state index is 12.7. The Balaban J connectivity index is 1.44. The lowest BCUT2D eigenvalue weighted by molar-refractivity contribution is -0.384. The zero-order chi connectivity index (χ0) is 23.1. The first-order valence-electron chi connectivity index (χ1n) is 10.1. The van der Waals surface area contributed by atoms with E-state index in [0.29, 0.717) is 0 Å². The minimum absolute atomic E-state index is 0.0241. The fourth-order valence-corrected chi connectivity index (χ4v) is 4.80. The molecule has 0 bridgehead atoms. The third kappa shape index (κ3) is 5.89. The Kier molecular flexibility index (Phi) is 7.54. The van der Waals surface area contributed by atoms with E-state index in [1.54, 1.807) is 4.90 Å². The summed E-state index contributed by atoms with van der Waals surface area (Å²) in [5.74, 6) is -0.319. The molecule has 1 aliphatic heterocycles. The van der Waals surface area contributed by atoms with Crippen molar-refractivity contribution in [1.29, 1.82) is 0 Å². The summed E-state index contributed by atoms with van der Waals surface area (Å²) in [6.07, 6.45) is 0.379. The third-order valence-corrected chi connectivity index (χ3v) is 7.06. The minimum Gasteiger partial charge on any atom is -0.355 e. The number of carbonyl (C=O) groups is 2. The molecule has 1 fully saturated rings. The van der Waals surface area contributed by atoms with Crippen molar-refractivity contribution in [3.8, 4) is 0 Å². The summed E-state index contributed by atoms with van der Waals surface area (Å²) >= 11 is 0. The van der Waals surface area contributed by atoms with E-state index in [9.17, 15) is 28.1 Å². The maximum atomic E-state index is 12.7. The van der Waals surface area contributed by atoms with Gasteiger partial charge in [-0.3, -0.25) is 19.7 Å². The monoisotopic (exact) mass is 460 g/mol. The number of nitro groups is 1. The number of nitrogens with zero attached hydrogens (tertiary/aromatic N) is 3. The molecule has 0 saturated carbocycles. The van der Waals surface area contributed by atoms with Gasteiger partial charge in [0.25, 0.3) is 5.69 Å². The van der Waals surface area contributed by atoms with Crippen LogP contribution in [0.25, 0.3) is 0 Å². The van der Waals surface area contributed by atoms with Gasteiger partial charge in [-0.2, -0.15) is 4.31 Å². The van der Waals surface area contributed by atoms with E-state index < -0.39 is 14.9 Å². The Bertz CT molecular complexity index is 1070. The number of rotatable bonds is 8. The Morgan fingerprint density at radius 2 is 1.59 bits per heavy atom. The number of hydrogen-bond donors (Lipinski definition) is 1. The van der Waals surface area contributed by atoms with E-state index in [1.807, 2.05) is 30.3 Å². The minimum atomic E-state index is -3.80. The van der Waals surface area contributed by atoms with Crippen molar-refractivity contribution in [3.05, 3.63) is 70.3 Å². The van der Waals surface area contributed by atoms with Gasteiger partial charge in [-0.15, -0.1) is 0 Å². The van der Waals surface area contributed by atoms with Gasteiger partial charge >= 0.3 is 0 Å². The largest absolute Gasteiger partial charge is 0.355 e. The van der Waals surface area contributed by atoms with Crippen LogP contribution >= 0.6 is 0 Å². The van der Waals surface area contributed by atoms with Crippen LogP contribution in [0.4, 0.5) is 5.69 Å². The van der Waals surface area contributed by atoms with Gasteiger partial charge in [-0.05, 0) is 17.7 Å². The SMILES string of the molecule is O=C(Cc1ccccc1)NCCC(=O)N1CCN(S(=O)(=O)c2ccc([N+](=O)[O-])cc2)CC1. The highest BCUT2D eigenvalue weighted by Crippen LogP contribution is 2.21. The van der Waals surface area contributed by atoms with E-state index in [2.05, 4.69) is 5.32 Å². The molecule has 3 rings (SSSR count). The normalized spacial score (nSPS) is 14.7. The molecule has 0 atom stereocenters. The molecule has 1 aliphatic rings. The molecule has 11 heteroatoms. The van der Waals surface area contributed by atoms with Gasteiger partial charge in [0.05, 0.1) is 16.2 Å². The van der Waals surface area contributed by atoms with Crippen LogP contribution in [-0.4, -0.2) is 67.1 Å². The molecule has 0 aromatic heterocycles. The number of piperazine rings is 1. The predicted molar refractivity (Wildman–Crippen MR) is 116 cm³/mol. The number of nitrogens with one attached hydrogen (secondary N) is 1. The Morgan fingerprint density at radius 3 is 2.19 bits per heavy atom. The number of non-ortho nitro benzene ring substituents is 1. The molecule has 170 valence electrons. The molecule has 32 heavy (non-hydrogen) atoms. The Hall–Kier alpha value is -3.31. The smallest absolute Gasteiger partial charge is 0.269 e. The second kappa shape index (κ2) is 10.3. The van der Waals surface area contributed by atoms with Crippen molar-refractivity contribution < 1.29 is 22.9 Å². The van der Waals surface area contributed by atoms with Crippen LogP contribution in [-0.2, 0) is 26.0 Å². The average molecular weight is 461 g/mol. The van der Waals surface area contributed by atoms with Gasteiger partial charge in [0.1, 0.15) is 0 Å². The van der Waals surface area contributed by atoms with Gasteiger partial charge in [0.15, 0.2) is 0 Å². The van der Waals surface area contributed by atoms with Gasteiger partial charge in [0, 0.05) is 51.3 Å². The topological polar surface area (TPSA) is 130 Å². The number of amides is 2. The molecule has 0 radical (unpaired) electrons. The van der Waals surface area contributed by atoms with Crippen molar-refractivity contribution in [2.24, 2.45) is 0 Å². The Labute approximate surface area is 186 Å². The van der Waals surface area contributed by atoms with Gasteiger partial charge in [0.2, 0.25) is 21.8 Å². The molecule has 1 heterocycles. The van der Waals surface area contributed by atoms with Crippen molar-refractivity contribution >= 4 is 27.5 Å². The second-order valence-electron chi connectivity index (χ2n) is 7.30. The van der Waals surface area contributed by atoms with E-state index in [4.69, 9.17) is 0 Å². The summed E-state index contributed by atoms with van der Waals surface area (Å²) < 4.78 is 26.8. The molecule has 0 aliphatic carbocycles. The molecule has 0 spiro atoms. The van der Waals surface area contributed by atoms with Crippen molar-refractivity contribution in [2.75, 3.05) is 32.7 Å². The van der Waals surface area contributed by atoms with Crippen LogP contribution in [0, 0.1) is 10.1 Å². The molecule has 10 nitrogen and oxygen atoms in total. The highest BCUT2D eigenvalue weighted by molar-refractivity contribution is 7.89. The summed E-state index contributed by atoms with van der Waals surface area (Å²) in [5.41, 5.74) is 0.705. The van der Waals surface area contributed by atoms with E-state index in [1.165, 1.54) is 16.4 Å². The van der Waals surface area contributed by atoms with Crippen LogP contribution in [0.2, 0.25) is 0 Å². The number of sulfonamides is 1. The lowest BCUT2D eigenvalue weighted by Crippen LogP contribution is -2.50. The molecular weight excluding hydrogens is 436 g/mol. The second-order valence-corrected chi connectivity index (χ2v) is 9.24. The first-order chi connectivity index (χ1) is 15.3. The number of benzene rings is 2. The fourth-order valence-electron chi connectivity index (χ4n) is 3.38. The molecule has 1 N–H and O–H groups in total. The average Bonchev–Trinajstić information content (AvgIpc) is 2.79. The molecule has 2 aromatic rings. The molecule has 2 amide bonds. The lowest BCUT2D eigenvalue weighted by atomic mass is 10.1. The zero-order valence-corrected chi connectivity index (χ0v) is 18.2. The van der Waals surface area contributed by atoms with Crippen molar-refractivity contribution in [2.45, 2.75) is 17.7 Å². The predicted octanol–water partition coefficient (Wildman–Crippen LogP) is 1.18. The highest BCUT2D eigenvalue weighted by atomic mass is 32.2. The van der Waals surface area contributed by atoms with Crippen LogP contribution in [0.5, 0.6) is 0 Å². The summed E-state index contributed by atoms with van der Waals surface area (Å²) in [4.78, 5) is 36.1. The van der Waals surface area contributed by atoms with E-state index >= 15 is 0 Å². The highest BCUT2D eigenvalue weighted by Gasteiger charge is 2.30. The fraction of sp³-hybridized carbons (Fsp3) is 0.333. The first-order valence-corrected chi connectivity index (χ1v) is 11.5. The number of carbonyl (C=O) groups excluding carboxylic acids is 2. The summed E-state index contributed by atoms with van der Waals surface area (Å²) in [6, 6.07) is 14.0. The molecular formula is C21H24N4O6S. The molecule has 1 saturated heterocycles. The lowest BCUT2D eigenvalue weighted by Gasteiger charge is -2.34. The summed E-state index contributed by atoms with van der Waals surface area (Å²) in [6.45, 7) is 0.953.